The number of hydrogen-bond acceptors (Lipinski definition) is 2. The lowest BCUT2D eigenvalue weighted by Gasteiger charge is -2.59. The van der Waals surface area contributed by atoms with E-state index in [2.05, 4.69) is 12.2 Å². The highest BCUT2D eigenvalue weighted by molar-refractivity contribution is 5.89. The molecule has 6 fully saturated rings. The molecular formula is C22H34N2O2. The Morgan fingerprint density at radius 3 is 2.23 bits per heavy atom. The van der Waals surface area contributed by atoms with Crippen molar-refractivity contribution in [3.8, 4) is 0 Å². The van der Waals surface area contributed by atoms with Gasteiger partial charge in [-0.1, -0.05) is 12.8 Å². The largest absolute Gasteiger partial charge is 0.353 e. The van der Waals surface area contributed by atoms with Gasteiger partial charge in [0.05, 0.1) is 5.92 Å². The molecule has 0 radical (unpaired) electrons. The molecule has 4 bridgehead atoms. The molecule has 0 aromatic rings. The Balaban J connectivity index is 1.22. The van der Waals surface area contributed by atoms with E-state index in [4.69, 9.17) is 0 Å². The van der Waals surface area contributed by atoms with Crippen molar-refractivity contribution in [1.29, 1.82) is 0 Å². The highest BCUT2D eigenvalue weighted by Gasteiger charge is 2.53. The van der Waals surface area contributed by atoms with E-state index in [1.54, 1.807) is 0 Å². The zero-order valence-corrected chi connectivity index (χ0v) is 16.2. The number of nitrogens with one attached hydrogen (secondary N) is 1. The smallest absolute Gasteiger partial charge is 0.225 e. The quantitative estimate of drug-likeness (QED) is 0.836. The number of rotatable bonds is 4. The normalized spacial score (nSPS) is 43.3. The van der Waals surface area contributed by atoms with Crippen molar-refractivity contribution in [2.45, 2.75) is 89.6 Å². The second-order valence-electron chi connectivity index (χ2n) is 10.4. The van der Waals surface area contributed by atoms with Gasteiger partial charge in [0.25, 0.3) is 0 Å². The standard InChI is InChI=1S/C22H34N2O2/c1-14(22-10-15-6-16(11-22)8-17(7-15)12-22)23-21(26)18-9-20(25)24(13-18)19-4-2-3-5-19/h14-19H,2-13H2,1H3,(H,23,26)/t14-,15?,16?,17?,18+,22?/m1/s1. The van der Waals surface area contributed by atoms with E-state index in [0.29, 0.717) is 24.4 Å². The van der Waals surface area contributed by atoms with Crippen LogP contribution in [0.1, 0.15) is 77.6 Å². The van der Waals surface area contributed by atoms with Crippen molar-refractivity contribution < 1.29 is 9.59 Å². The molecule has 6 rings (SSSR count). The van der Waals surface area contributed by atoms with Crippen LogP contribution in [0.3, 0.4) is 0 Å². The molecular weight excluding hydrogens is 324 g/mol. The van der Waals surface area contributed by atoms with Gasteiger partial charge in [-0.15, -0.1) is 0 Å². The second-order valence-corrected chi connectivity index (χ2v) is 10.4. The van der Waals surface area contributed by atoms with Gasteiger partial charge >= 0.3 is 0 Å². The lowest BCUT2D eigenvalue weighted by Crippen LogP contribution is -2.56. The molecule has 5 aliphatic carbocycles. The maximum atomic E-state index is 13.0. The van der Waals surface area contributed by atoms with Crippen molar-refractivity contribution in [2.75, 3.05) is 6.54 Å². The van der Waals surface area contributed by atoms with Crippen molar-refractivity contribution >= 4 is 11.8 Å². The molecule has 0 aromatic heterocycles. The predicted molar refractivity (Wildman–Crippen MR) is 100 cm³/mol. The van der Waals surface area contributed by atoms with E-state index in [1.165, 1.54) is 51.4 Å². The Hall–Kier alpha value is -1.06. The Labute approximate surface area is 157 Å². The summed E-state index contributed by atoms with van der Waals surface area (Å²) in [6.45, 7) is 2.90. The van der Waals surface area contributed by atoms with Crippen LogP contribution in [0, 0.1) is 29.1 Å². The second kappa shape index (κ2) is 6.24. The molecule has 144 valence electrons. The zero-order chi connectivity index (χ0) is 17.9. The fourth-order valence-corrected chi connectivity index (χ4v) is 7.67. The molecule has 26 heavy (non-hydrogen) atoms. The van der Waals surface area contributed by atoms with Crippen LogP contribution in [0.25, 0.3) is 0 Å². The average molecular weight is 359 g/mol. The Morgan fingerprint density at radius 1 is 1.08 bits per heavy atom. The first-order chi connectivity index (χ1) is 12.5. The van der Waals surface area contributed by atoms with Gasteiger partial charge < -0.3 is 10.2 Å². The average Bonchev–Trinajstić information content (AvgIpc) is 3.22. The maximum absolute atomic E-state index is 13.0. The van der Waals surface area contributed by atoms with Crippen LogP contribution in [0.15, 0.2) is 0 Å². The summed E-state index contributed by atoms with van der Waals surface area (Å²) in [5, 5.41) is 3.39. The number of carbonyl (C=O) groups excluding carboxylic acids is 2. The van der Waals surface area contributed by atoms with E-state index < -0.39 is 0 Å². The molecule has 4 heteroatoms. The summed E-state index contributed by atoms with van der Waals surface area (Å²) >= 11 is 0. The zero-order valence-electron chi connectivity index (χ0n) is 16.2. The maximum Gasteiger partial charge on any atom is 0.225 e. The van der Waals surface area contributed by atoms with Crippen LogP contribution in [-0.4, -0.2) is 35.3 Å². The van der Waals surface area contributed by atoms with Gasteiger partial charge in [0.15, 0.2) is 0 Å². The highest BCUT2D eigenvalue weighted by atomic mass is 16.2. The van der Waals surface area contributed by atoms with Gasteiger partial charge in [-0.3, -0.25) is 9.59 Å². The number of hydrogen-bond donors (Lipinski definition) is 1. The summed E-state index contributed by atoms with van der Waals surface area (Å²) in [4.78, 5) is 27.4. The number of carbonyl (C=O) groups is 2. The number of nitrogens with zero attached hydrogens (tertiary/aromatic N) is 1. The van der Waals surface area contributed by atoms with Crippen LogP contribution >= 0.6 is 0 Å². The fraction of sp³-hybridized carbons (Fsp3) is 0.909. The molecule has 0 spiro atoms. The molecule has 1 N–H and O–H groups in total. The van der Waals surface area contributed by atoms with Crippen molar-refractivity contribution in [3.63, 3.8) is 0 Å². The van der Waals surface area contributed by atoms with Crippen LogP contribution in [-0.2, 0) is 9.59 Å². The third-order valence-electron chi connectivity index (χ3n) is 8.66. The third kappa shape index (κ3) is 2.79. The Bertz CT molecular complexity index is 560. The molecule has 0 unspecified atom stereocenters. The van der Waals surface area contributed by atoms with Crippen LogP contribution in [0.2, 0.25) is 0 Å². The van der Waals surface area contributed by atoms with Gasteiger partial charge in [0, 0.05) is 25.0 Å². The topological polar surface area (TPSA) is 49.4 Å². The van der Waals surface area contributed by atoms with E-state index in [-0.39, 0.29) is 23.8 Å². The van der Waals surface area contributed by atoms with Gasteiger partial charge in [-0.2, -0.15) is 0 Å². The lowest BCUT2D eigenvalue weighted by molar-refractivity contribution is -0.131. The molecule has 1 saturated heterocycles. The SMILES string of the molecule is C[C@@H](NC(=O)[C@H]1CC(=O)N(C2CCCC2)C1)C12CC3CC(CC(C3)C1)C2. The highest BCUT2D eigenvalue weighted by Crippen LogP contribution is 2.61. The van der Waals surface area contributed by atoms with Crippen molar-refractivity contribution in [1.82, 2.24) is 10.2 Å². The minimum absolute atomic E-state index is 0.125. The predicted octanol–water partition coefficient (Wildman–Crippen LogP) is 3.50. The first-order valence-corrected chi connectivity index (χ1v) is 11.1. The van der Waals surface area contributed by atoms with Gasteiger partial charge in [0.2, 0.25) is 11.8 Å². The molecule has 4 nitrogen and oxygen atoms in total. The molecule has 1 heterocycles. The molecule has 2 amide bonds. The summed E-state index contributed by atoms with van der Waals surface area (Å²) < 4.78 is 0. The van der Waals surface area contributed by atoms with Crippen LogP contribution in [0.5, 0.6) is 0 Å². The summed E-state index contributed by atoms with van der Waals surface area (Å²) in [6, 6.07) is 0.667. The number of likely N-dealkylation sites (tertiary alicyclic amines) is 1. The van der Waals surface area contributed by atoms with E-state index in [9.17, 15) is 9.59 Å². The first kappa shape index (κ1) is 17.1. The fourth-order valence-electron chi connectivity index (χ4n) is 7.67. The van der Waals surface area contributed by atoms with E-state index in [0.717, 1.165) is 30.6 Å². The summed E-state index contributed by atoms with van der Waals surface area (Å²) in [7, 11) is 0. The third-order valence-corrected chi connectivity index (χ3v) is 8.66. The Kier molecular flexibility index (Phi) is 4.09. The molecule has 6 aliphatic rings. The van der Waals surface area contributed by atoms with Crippen molar-refractivity contribution in [3.05, 3.63) is 0 Å². The van der Waals surface area contributed by atoms with Crippen LogP contribution in [0.4, 0.5) is 0 Å². The summed E-state index contributed by atoms with van der Waals surface area (Å²) in [5.41, 5.74) is 0.345. The monoisotopic (exact) mass is 358 g/mol. The number of amides is 2. The molecule has 0 aromatic carbocycles. The van der Waals surface area contributed by atoms with Gasteiger partial charge in [-0.05, 0) is 81.5 Å². The van der Waals surface area contributed by atoms with Crippen molar-refractivity contribution in [2.24, 2.45) is 29.1 Å². The molecule has 5 saturated carbocycles. The van der Waals surface area contributed by atoms with Gasteiger partial charge in [0.1, 0.15) is 0 Å². The molecule has 1 aliphatic heterocycles. The van der Waals surface area contributed by atoms with E-state index >= 15 is 0 Å². The lowest BCUT2D eigenvalue weighted by atomic mass is 9.48. The van der Waals surface area contributed by atoms with Gasteiger partial charge in [-0.25, -0.2) is 0 Å². The summed E-state index contributed by atoms with van der Waals surface area (Å²) in [6.07, 6.45) is 13.4. The molecule has 2 atom stereocenters. The Morgan fingerprint density at radius 2 is 1.65 bits per heavy atom. The van der Waals surface area contributed by atoms with E-state index in [1.807, 2.05) is 4.90 Å². The minimum atomic E-state index is -0.125. The minimum Gasteiger partial charge on any atom is -0.353 e. The first-order valence-electron chi connectivity index (χ1n) is 11.1. The van der Waals surface area contributed by atoms with Crippen LogP contribution < -0.4 is 5.32 Å². The summed E-state index contributed by atoms with van der Waals surface area (Å²) in [5.74, 6) is 2.95.